The summed E-state index contributed by atoms with van der Waals surface area (Å²) >= 11 is 0. The molecule has 18 heavy (non-hydrogen) atoms. The molecular formula is C13H16N4O. The van der Waals surface area contributed by atoms with E-state index in [1.807, 2.05) is 24.3 Å². The minimum absolute atomic E-state index is 0.565. The van der Waals surface area contributed by atoms with E-state index in [2.05, 4.69) is 15.3 Å². The van der Waals surface area contributed by atoms with Crippen molar-refractivity contribution in [2.24, 2.45) is 5.73 Å². The van der Waals surface area contributed by atoms with Gasteiger partial charge in [-0.2, -0.15) is 0 Å². The number of hydrogen-bond acceptors (Lipinski definition) is 5. The molecule has 5 heteroatoms. The molecule has 0 spiro atoms. The van der Waals surface area contributed by atoms with Gasteiger partial charge in [0.05, 0.1) is 19.5 Å². The van der Waals surface area contributed by atoms with E-state index in [1.165, 1.54) is 0 Å². The lowest BCUT2D eigenvalue weighted by Crippen LogP contribution is -2.04. The maximum Gasteiger partial charge on any atom is 0.223 e. The van der Waals surface area contributed by atoms with Crippen LogP contribution in [0.25, 0.3) is 0 Å². The summed E-state index contributed by atoms with van der Waals surface area (Å²) in [5.41, 5.74) is 7.83. The van der Waals surface area contributed by atoms with E-state index >= 15 is 0 Å². The molecule has 0 fully saturated rings. The van der Waals surface area contributed by atoms with E-state index in [0.29, 0.717) is 24.8 Å². The van der Waals surface area contributed by atoms with Gasteiger partial charge in [0.25, 0.3) is 0 Å². The van der Waals surface area contributed by atoms with E-state index < -0.39 is 0 Å². The van der Waals surface area contributed by atoms with Crippen molar-refractivity contribution in [3.63, 3.8) is 0 Å². The summed E-state index contributed by atoms with van der Waals surface area (Å²) in [7, 11) is 1.59. The van der Waals surface area contributed by atoms with Gasteiger partial charge in [0, 0.05) is 13.1 Å². The molecule has 1 heterocycles. The average Bonchev–Trinajstić information content (AvgIpc) is 2.46. The van der Waals surface area contributed by atoms with E-state index in [-0.39, 0.29) is 0 Å². The molecule has 0 amide bonds. The Kier molecular flexibility index (Phi) is 4.09. The number of nitrogens with one attached hydrogen (secondary N) is 1. The Balaban J connectivity index is 1.93. The third kappa shape index (κ3) is 3.18. The summed E-state index contributed by atoms with van der Waals surface area (Å²) < 4.78 is 4.99. The van der Waals surface area contributed by atoms with Crippen molar-refractivity contribution in [2.45, 2.75) is 13.1 Å². The Bertz CT molecular complexity index is 434. The van der Waals surface area contributed by atoms with Crippen molar-refractivity contribution in [3.05, 3.63) is 47.8 Å². The number of anilines is 1. The zero-order valence-corrected chi connectivity index (χ0v) is 10.3. The molecular weight excluding hydrogens is 228 g/mol. The summed E-state index contributed by atoms with van der Waals surface area (Å²) in [5.74, 6) is 1.23. The second kappa shape index (κ2) is 5.97. The molecule has 1 aromatic heterocycles. The minimum atomic E-state index is 0.565. The standard InChI is InChI=1S/C13H16N4O/c1-18-12-8-16-13(17-9-12)15-7-11-4-2-10(6-14)3-5-11/h2-5,8-9H,6-7,14H2,1H3,(H,15,16,17). The Morgan fingerprint density at radius 3 is 2.28 bits per heavy atom. The summed E-state index contributed by atoms with van der Waals surface area (Å²) in [6.07, 6.45) is 3.26. The van der Waals surface area contributed by atoms with Crippen molar-refractivity contribution < 1.29 is 4.74 Å². The molecule has 1 aromatic carbocycles. The highest BCUT2D eigenvalue weighted by atomic mass is 16.5. The van der Waals surface area contributed by atoms with Gasteiger partial charge in [0.15, 0.2) is 5.75 Å². The molecule has 94 valence electrons. The SMILES string of the molecule is COc1cnc(NCc2ccc(CN)cc2)nc1. The smallest absolute Gasteiger partial charge is 0.223 e. The van der Waals surface area contributed by atoms with Crippen LogP contribution in [0.1, 0.15) is 11.1 Å². The topological polar surface area (TPSA) is 73.1 Å². The molecule has 0 bridgehead atoms. The van der Waals surface area contributed by atoms with E-state index in [0.717, 1.165) is 11.1 Å². The number of benzene rings is 1. The number of methoxy groups -OCH3 is 1. The van der Waals surface area contributed by atoms with Crippen LogP contribution >= 0.6 is 0 Å². The maximum absolute atomic E-state index is 5.54. The lowest BCUT2D eigenvalue weighted by Gasteiger charge is -2.06. The second-order valence-electron chi connectivity index (χ2n) is 3.82. The van der Waals surface area contributed by atoms with Crippen molar-refractivity contribution in [2.75, 3.05) is 12.4 Å². The number of ether oxygens (including phenoxy) is 1. The summed E-state index contributed by atoms with van der Waals surface area (Å²) in [5, 5.41) is 3.14. The van der Waals surface area contributed by atoms with Crippen LogP contribution in [0.4, 0.5) is 5.95 Å². The highest BCUT2D eigenvalue weighted by Gasteiger charge is 1.98. The molecule has 2 aromatic rings. The van der Waals surface area contributed by atoms with Gasteiger partial charge in [0.2, 0.25) is 5.95 Å². The van der Waals surface area contributed by atoms with Crippen LogP contribution in [0.5, 0.6) is 5.75 Å². The number of nitrogens with two attached hydrogens (primary N) is 1. The normalized spacial score (nSPS) is 10.1. The molecule has 3 N–H and O–H groups in total. The molecule has 0 saturated carbocycles. The van der Waals surface area contributed by atoms with Gasteiger partial charge in [-0.1, -0.05) is 24.3 Å². The highest BCUT2D eigenvalue weighted by molar-refractivity contribution is 5.30. The summed E-state index contributed by atoms with van der Waals surface area (Å²) in [6, 6.07) is 8.12. The minimum Gasteiger partial charge on any atom is -0.494 e. The van der Waals surface area contributed by atoms with E-state index in [1.54, 1.807) is 19.5 Å². The fraction of sp³-hybridized carbons (Fsp3) is 0.231. The first-order valence-corrected chi connectivity index (χ1v) is 5.69. The van der Waals surface area contributed by atoms with Crippen molar-refractivity contribution in [1.82, 2.24) is 9.97 Å². The first-order valence-electron chi connectivity index (χ1n) is 5.69. The zero-order valence-electron chi connectivity index (χ0n) is 10.3. The lowest BCUT2D eigenvalue weighted by molar-refractivity contribution is 0.411. The second-order valence-corrected chi connectivity index (χ2v) is 3.82. The van der Waals surface area contributed by atoms with Gasteiger partial charge in [-0.15, -0.1) is 0 Å². The van der Waals surface area contributed by atoms with Crippen molar-refractivity contribution >= 4 is 5.95 Å². The van der Waals surface area contributed by atoms with E-state index in [4.69, 9.17) is 10.5 Å². The molecule has 0 aliphatic carbocycles. The van der Waals surface area contributed by atoms with E-state index in [9.17, 15) is 0 Å². The third-order valence-electron chi connectivity index (χ3n) is 2.57. The molecule has 0 aliphatic rings. The Labute approximate surface area is 106 Å². The van der Waals surface area contributed by atoms with Gasteiger partial charge in [-0.25, -0.2) is 9.97 Å². The van der Waals surface area contributed by atoms with Crippen molar-refractivity contribution in [1.29, 1.82) is 0 Å². The number of nitrogens with zero attached hydrogens (tertiary/aromatic N) is 2. The Hall–Kier alpha value is -2.14. The van der Waals surface area contributed by atoms with Gasteiger partial charge in [-0.05, 0) is 11.1 Å². The first kappa shape index (κ1) is 12.3. The predicted octanol–water partition coefficient (Wildman–Crippen LogP) is 1.56. The summed E-state index contributed by atoms with van der Waals surface area (Å²) in [6.45, 7) is 1.24. The largest absolute Gasteiger partial charge is 0.494 e. The van der Waals surface area contributed by atoms with Crippen LogP contribution in [-0.2, 0) is 13.1 Å². The predicted molar refractivity (Wildman–Crippen MR) is 70.2 cm³/mol. The van der Waals surface area contributed by atoms with Gasteiger partial charge < -0.3 is 15.8 Å². The average molecular weight is 244 g/mol. The quantitative estimate of drug-likeness (QED) is 0.835. The fourth-order valence-corrected chi connectivity index (χ4v) is 1.49. The van der Waals surface area contributed by atoms with Crippen LogP contribution in [-0.4, -0.2) is 17.1 Å². The van der Waals surface area contributed by atoms with Crippen LogP contribution in [0.3, 0.4) is 0 Å². The fourth-order valence-electron chi connectivity index (χ4n) is 1.49. The van der Waals surface area contributed by atoms with Crippen LogP contribution in [0, 0.1) is 0 Å². The zero-order chi connectivity index (χ0) is 12.8. The number of hydrogen-bond donors (Lipinski definition) is 2. The van der Waals surface area contributed by atoms with Crippen LogP contribution < -0.4 is 15.8 Å². The third-order valence-corrected chi connectivity index (χ3v) is 2.57. The highest BCUT2D eigenvalue weighted by Crippen LogP contribution is 2.09. The summed E-state index contributed by atoms with van der Waals surface area (Å²) in [4.78, 5) is 8.26. The molecule has 0 radical (unpaired) electrons. The van der Waals surface area contributed by atoms with Gasteiger partial charge in [-0.3, -0.25) is 0 Å². The lowest BCUT2D eigenvalue weighted by atomic mass is 10.1. The van der Waals surface area contributed by atoms with Gasteiger partial charge in [0.1, 0.15) is 0 Å². The molecule has 0 atom stereocenters. The number of rotatable bonds is 5. The maximum atomic E-state index is 5.54. The number of aromatic nitrogens is 2. The Morgan fingerprint density at radius 2 is 1.72 bits per heavy atom. The first-order chi connectivity index (χ1) is 8.81. The van der Waals surface area contributed by atoms with Crippen LogP contribution in [0.2, 0.25) is 0 Å². The van der Waals surface area contributed by atoms with Gasteiger partial charge >= 0.3 is 0 Å². The monoisotopic (exact) mass is 244 g/mol. The van der Waals surface area contributed by atoms with Crippen molar-refractivity contribution in [3.8, 4) is 5.75 Å². The van der Waals surface area contributed by atoms with Crippen LogP contribution in [0.15, 0.2) is 36.7 Å². The molecule has 0 saturated heterocycles. The molecule has 0 aliphatic heterocycles. The molecule has 5 nitrogen and oxygen atoms in total. The Morgan fingerprint density at radius 1 is 1.11 bits per heavy atom. The molecule has 0 unspecified atom stereocenters. The molecule has 2 rings (SSSR count).